The number of nitrogens with zero attached hydrogens (tertiary/aromatic N) is 4. The summed E-state index contributed by atoms with van der Waals surface area (Å²) >= 11 is 1.50. The monoisotopic (exact) mass is 646 g/mol. The molecule has 0 spiro atoms. The summed E-state index contributed by atoms with van der Waals surface area (Å²) in [6, 6.07) is 5.03. The molecule has 10 nitrogen and oxygen atoms in total. The number of carbonyl (C=O) groups is 2. The van der Waals surface area contributed by atoms with Gasteiger partial charge in [-0.3, -0.25) is 19.6 Å². The number of benzene rings is 1. The maximum Gasteiger partial charge on any atom is 0.324 e. The van der Waals surface area contributed by atoms with Crippen LogP contribution in [0.25, 0.3) is 27.7 Å². The van der Waals surface area contributed by atoms with E-state index in [0.29, 0.717) is 32.2 Å². The second-order valence-electron chi connectivity index (χ2n) is 12.8. The Hall–Kier alpha value is -3.64. The van der Waals surface area contributed by atoms with Crippen LogP contribution in [0.2, 0.25) is 0 Å². The van der Waals surface area contributed by atoms with E-state index in [0.717, 1.165) is 56.2 Å². The number of hydrogen-bond acceptors (Lipinski definition) is 9. The van der Waals surface area contributed by atoms with Gasteiger partial charge in [-0.25, -0.2) is 10.4 Å². The zero-order chi connectivity index (χ0) is 33.2. The fourth-order valence-corrected chi connectivity index (χ4v) is 7.25. The number of aromatic nitrogens is 2. The van der Waals surface area contributed by atoms with Crippen molar-refractivity contribution < 1.29 is 19.1 Å². The molecule has 1 saturated heterocycles. The van der Waals surface area contributed by atoms with Crippen LogP contribution in [0, 0.1) is 5.41 Å². The second kappa shape index (κ2) is 14.0. The quantitative estimate of drug-likeness (QED) is 0.212. The molecule has 3 atom stereocenters. The third kappa shape index (κ3) is 6.73. The number of allylic oxidation sites excluding steroid dienone is 2. The van der Waals surface area contributed by atoms with Crippen molar-refractivity contribution in [3.8, 4) is 11.3 Å². The first-order chi connectivity index (χ1) is 22.0. The van der Waals surface area contributed by atoms with E-state index in [1.807, 2.05) is 25.3 Å². The first-order valence-electron chi connectivity index (χ1n) is 16.0. The van der Waals surface area contributed by atoms with E-state index in [9.17, 15) is 9.59 Å². The number of hydrogen-bond donors (Lipinski definition) is 2. The average molecular weight is 647 g/mol. The fourth-order valence-electron chi connectivity index (χ4n) is 6.39. The van der Waals surface area contributed by atoms with E-state index in [1.165, 1.54) is 16.3 Å². The van der Waals surface area contributed by atoms with Crippen LogP contribution in [0.15, 0.2) is 46.9 Å². The summed E-state index contributed by atoms with van der Waals surface area (Å²) in [5, 5.41) is 5.37. The molecule has 1 aromatic carbocycles. The van der Waals surface area contributed by atoms with Gasteiger partial charge in [0.05, 0.1) is 40.8 Å². The Morgan fingerprint density at radius 2 is 2.15 bits per heavy atom. The Labute approximate surface area is 275 Å². The molecular weight excluding hydrogens is 600 g/mol. The van der Waals surface area contributed by atoms with Crippen molar-refractivity contribution in [2.24, 2.45) is 16.1 Å². The molecule has 246 valence electrons. The Balaban J connectivity index is 1.73. The van der Waals surface area contributed by atoms with Crippen molar-refractivity contribution in [1.29, 1.82) is 0 Å². The van der Waals surface area contributed by atoms with Gasteiger partial charge in [-0.15, -0.1) is 11.3 Å². The van der Waals surface area contributed by atoms with Gasteiger partial charge >= 0.3 is 5.97 Å². The molecule has 0 radical (unpaired) electrons. The van der Waals surface area contributed by atoms with Gasteiger partial charge in [-0.05, 0) is 57.7 Å². The van der Waals surface area contributed by atoms with Crippen LogP contribution in [-0.2, 0) is 38.4 Å². The zero-order valence-electron chi connectivity index (χ0n) is 27.8. The molecule has 6 bridgehead atoms. The first-order valence-corrected chi connectivity index (χ1v) is 16.9. The summed E-state index contributed by atoms with van der Waals surface area (Å²) in [6.07, 6.45) is 5.56. The van der Waals surface area contributed by atoms with Crippen LogP contribution in [-0.4, -0.2) is 71.1 Å². The number of thiazole rings is 1. The Morgan fingerprint density at radius 1 is 1.37 bits per heavy atom. The number of hydrazine groups is 1. The van der Waals surface area contributed by atoms with Crippen LogP contribution in [0.1, 0.15) is 63.7 Å². The number of methoxy groups -OCH3 is 1. The van der Waals surface area contributed by atoms with E-state index in [1.54, 1.807) is 13.3 Å². The van der Waals surface area contributed by atoms with Gasteiger partial charge in [0, 0.05) is 65.7 Å². The molecule has 1 fully saturated rings. The molecule has 0 saturated carbocycles. The standard InChI is InChI=1S/C35H46N6O4S/c1-8-23(31(37-9-2)21(4)44-7)32-25-18-35(5,6)20-45-34(43)27-12-11-15-41(39-27)33(42)26(36)17-30-38-28(19-46-30)22-13-14-29(24(25)16-22)40(32)10-3/h8-9,13-14,16,19,21,26-27,39H,1,10-12,15,17-18,20,36H2,2-7H3/b31-23+,37-9?/t21-,26-,27-/m0/s1. The molecule has 1 amide bonds. The maximum atomic E-state index is 13.3. The minimum Gasteiger partial charge on any atom is -0.464 e. The smallest absolute Gasteiger partial charge is 0.324 e. The van der Waals surface area contributed by atoms with E-state index < -0.39 is 17.5 Å². The summed E-state index contributed by atoms with van der Waals surface area (Å²) in [5.74, 6) is -0.626. The van der Waals surface area contributed by atoms with Crippen LogP contribution < -0.4 is 11.2 Å². The van der Waals surface area contributed by atoms with Crippen molar-refractivity contribution >= 4 is 45.9 Å². The highest BCUT2D eigenvalue weighted by molar-refractivity contribution is 7.10. The minimum absolute atomic E-state index is 0.201. The first kappa shape index (κ1) is 33.7. The number of nitrogens with one attached hydrogen (secondary N) is 1. The normalized spacial score (nSPS) is 22.0. The Bertz CT molecular complexity index is 1690. The molecule has 0 aliphatic carbocycles. The lowest BCUT2D eigenvalue weighted by molar-refractivity contribution is -0.154. The number of cyclic esters (lactones) is 1. The van der Waals surface area contributed by atoms with E-state index in [2.05, 4.69) is 55.5 Å². The van der Waals surface area contributed by atoms with Gasteiger partial charge < -0.3 is 19.8 Å². The summed E-state index contributed by atoms with van der Waals surface area (Å²) in [7, 11) is 1.68. The summed E-state index contributed by atoms with van der Waals surface area (Å²) < 4.78 is 14.0. The maximum absolute atomic E-state index is 13.3. The molecule has 4 heterocycles. The highest BCUT2D eigenvalue weighted by Crippen LogP contribution is 2.40. The van der Waals surface area contributed by atoms with Gasteiger partial charge in [0.1, 0.15) is 6.04 Å². The predicted octanol–water partition coefficient (Wildman–Crippen LogP) is 5.30. The van der Waals surface area contributed by atoms with Gasteiger partial charge in [0.25, 0.3) is 5.91 Å². The van der Waals surface area contributed by atoms with Gasteiger partial charge in [-0.2, -0.15) is 0 Å². The molecule has 0 unspecified atom stereocenters. The number of esters is 1. The lowest BCUT2D eigenvalue weighted by Crippen LogP contribution is -2.59. The molecular formula is C35H46N6O4S. The lowest BCUT2D eigenvalue weighted by atomic mass is 9.84. The Morgan fingerprint density at radius 3 is 2.85 bits per heavy atom. The average Bonchev–Trinajstić information content (AvgIpc) is 3.64. The van der Waals surface area contributed by atoms with E-state index in [-0.39, 0.29) is 24.6 Å². The molecule has 2 aromatic heterocycles. The highest BCUT2D eigenvalue weighted by atomic mass is 32.1. The van der Waals surface area contributed by atoms with Crippen LogP contribution >= 0.6 is 11.3 Å². The largest absolute Gasteiger partial charge is 0.464 e. The van der Waals surface area contributed by atoms with Crippen molar-refractivity contribution in [3.05, 3.63) is 58.2 Å². The third-order valence-electron chi connectivity index (χ3n) is 8.78. The number of aliphatic imine (C=N–C) groups is 1. The lowest BCUT2D eigenvalue weighted by Gasteiger charge is -2.34. The molecule has 2 aliphatic heterocycles. The number of aryl methyl sites for hydroxylation is 1. The van der Waals surface area contributed by atoms with Crippen molar-refractivity contribution in [2.45, 2.75) is 85.0 Å². The number of ether oxygens (including phenoxy) is 2. The summed E-state index contributed by atoms with van der Waals surface area (Å²) in [5.41, 5.74) is 15.8. The topological polar surface area (TPSA) is 124 Å². The zero-order valence-corrected chi connectivity index (χ0v) is 28.6. The van der Waals surface area contributed by atoms with E-state index in [4.69, 9.17) is 25.2 Å². The second-order valence-corrected chi connectivity index (χ2v) is 13.7. The van der Waals surface area contributed by atoms with Crippen LogP contribution in [0.4, 0.5) is 0 Å². The van der Waals surface area contributed by atoms with Crippen molar-refractivity contribution in [3.63, 3.8) is 0 Å². The number of rotatable bonds is 6. The molecule has 2 aliphatic rings. The molecule has 46 heavy (non-hydrogen) atoms. The van der Waals surface area contributed by atoms with E-state index >= 15 is 0 Å². The Kier molecular flexibility index (Phi) is 10.3. The number of amides is 1. The number of carbonyl (C=O) groups excluding carboxylic acids is 2. The SMILES string of the molecule is C=C/C(=C(\N=CC)[C@H](C)OC)c1c2c3cc(ccc3n1CC)-c1csc(n1)C[C@H](N)C(=O)N1CCC[C@H](N1)C(=O)OCC(C)(C)C2. The van der Waals surface area contributed by atoms with Crippen molar-refractivity contribution in [2.75, 3.05) is 20.3 Å². The minimum atomic E-state index is -0.784. The third-order valence-corrected chi connectivity index (χ3v) is 9.65. The van der Waals surface area contributed by atoms with Crippen LogP contribution in [0.3, 0.4) is 0 Å². The molecule has 3 aromatic rings. The summed E-state index contributed by atoms with van der Waals surface area (Å²) in [6.45, 7) is 15.9. The number of nitrogens with two attached hydrogens (primary N) is 1. The number of fused-ring (bicyclic) bond motifs is 6. The fraction of sp³-hybridized carbons (Fsp3) is 0.486. The van der Waals surface area contributed by atoms with Crippen molar-refractivity contribution in [1.82, 2.24) is 20.0 Å². The molecule has 5 rings (SSSR count). The van der Waals surface area contributed by atoms with Gasteiger partial charge in [0.2, 0.25) is 0 Å². The predicted molar refractivity (Wildman–Crippen MR) is 184 cm³/mol. The molecule has 11 heteroatoms. The van der Waals surface area contributed by atoms with Crippen LogP contribution in [0.5, 0.6) is 0 Å². The van der Waals surface area contributed by atoms with Gasteiger partial charge in [-0.1, -0.05) is 32.6 Å². The highest BCUT2D eigenvalue weighted by Gasteiger charge is 2.34. The van der Waals surface area contributed by atoms with Gasteiger partial charge in [0.15, 0.2) is 0 Å². The summed E-state index contributed by atoms with van der Waals surface area (Å²) in [4.78, 5) is 36.2. The molecule has 3 N–H and O–H groups in total.